The molecule has 0 bridgehead atoms. The Labute approximate surface area is 101 Å². The minimum absolute atomic E-state index is 0.467. The Morgan fingerprint density at radius 2 is 1.94 bits per heavy atom. The summed E-state index contributed by atoms with van der Waals surface area (Å²) in [7, 11) is 0. The predicted molar refractivity (Wildman–Crippen MR) is 69.7 cm³/mol. The average molecular weight is 227 g/mol. The van der Waals surface area contributed by atoms with Crippen molar-refractivity contribution in [2.75, 3.05) is 13.2 Å². The van der Waals surface area contributed by atoms with Gasteiger partial charge in [-0.1, -0.05) is 33.6 Å². The van der Waals surface area contributed by atoms with Gasteiger partial charge in [0.05, 0.1) is 6.10 Å². The summed E-state index contributed by atoms with van der Waals surface area (Å²) in [6, 6.07) is 0.579. The molecule has 0 aromatic heterocycles. The number of nitrogens with one attached hydrogen (secondary N) is 1. The number of likely N-dealkylation sites (N-methyl/N-ethyl adjacent to an activating group) is 1. The number of hydrogen-bond acceptors (Lipinski definition) is 2. The van der Waals surface area contributed by atoms with Crippen LogP contribution in [0.25, 0.3) is 0 Å². The highest BCUT2D eigenvalue weighted by Crippen LogP contribution is 2.23. The Balaban J connectivity index is 2.44. The van der Waals surface area contributed by atoms with Crippen LogP contribution < -0.4 is 5.32 Å². The van der Waals surface area contributed by atoms with Gasteiger partial charge in [0.25, 0.3) is 0 Å². The van der Waals surface area contributed by atoms with Crippen molar-refractivity contribution in [3.05, 3.63) is 0 Å². The molecule has 0 spiro atoms. The summed E-state index contributed by atoms with van der Waals surface area (Å²) in [6.07, 6.45) is 8.18. The first-order chi connectivity index (χ1) is 7.81. The van der Waals surface area contributed by atoms with Crippen LogP contribution in [0.2, 0.25) is 0 Å². The number of rotatable bonds is 7. The minimum Gasteiger partial charge on any atom is -0.377 e. The molecular formula is C14H29NO. The zero-order valence-electron chi connectivity index (χ0n) is 11.3. The van der Waals surface area contributed by atoms with Crippen LogP contribution in [0.4, 0.5) is 0 Å². The van der Waals surface area contributed by atoms with Crippen LogP contribution in [-0.4, -0.2) is 25.3 Å². The lowest BCUT2D eigenvalue weighted by molar-refractivity contribution is -0.0125. The summed E-state index contributed by atoms with van der Waals surface area (Å²) < 4.78 is 5.92. The molecule has 1 rings (SSSR count). The second kappa shape index (κ2) is 8.08. The van der Waals surface area contributed by atoms with E-state index in [9.17, 15) is 0 Å². The van der Waals surface area contributed by atoms with E-state index >= 15 is 0 Å². The van der Waals surface area contributed by atoms with Crippen molar-refractivity contribution in [2.45, 2.75) is 71.4 Å². The zero-order chi connectivity index (χ0) is 11.8. The van der Waals surface area contributed by atoms with Gasteiger partial charge in [-0.25, -0.2) is 0 Å². The first-order valence-electron chi connectivity index (χ1n) is 7.16. The van der Waals surface area contributed by atoms with E-state index in [1.165, 1.54) is 38.5 Å². The molecule has 2 heteroatoms. The summed E-state index contributed by atoms with van der Waals surface area (Å²) in [5.41, 5.74) is 0. The number of ether oxygens (including phenoxy) is 1. The second-order valence-corrected chi connectivity index (χ2v) is 4.99. The van der Waals surface area contributed by atoms with Crippen LogP contribution in [0.3, 0.4) is 0 Å². The van der Waals surface area contributed by atoms with Gasteiger partial charge in [0.1, 0.15) is 0 Å². The third kappa shape index (κ3) is 4.42. The number of hydrogen-bond donors (Lipinski definition) is 1. The molecule has 96 valence electrons. The Bertz CT molecular complexity index is 162. The van der Waals surface area contributed by atoms with Gasteiger partial charge in [0, 0.05) is 12.6 Å². The molecule has 1 heterocycles. The van der Waals surface area contributed by atoms with E-state index in [1.807, 2.05) is 0 Å². The van der Waals surface area contributed by atoms with Gasteiger partial charge in [0.2, 0.25) is 0 Å². The van der Waals surface area contributed by atoms with Gasteiger partial charge in [-0.2, -0.15) is 0 Å². The van der Waals surface area contributed by atoms with Crippen molar-refractivity contribution >= 4 is 0 Å². The van der Waals surface area contributed by atoms with Crippen molar-refractivity contribution in [2.24, 2.45) is 5.92 Å². The van der Waals surface area contributed by atoms with Gasteiger partial charge in [-0.05, 0) is 38.1 Å². The molecular weight excluding hydrogens is 198 g/mol. The van der Waals surface area contributed by atoms with Crippen LogP contribution >= 0.6 is 0 Å². The van der Waals surface area contributed by atoms with E-state index in [4.69, 9.17) is 4.74 Å². The molecule has 16 heavy (non-hydrogen) atoms. The molecule has 0 radical (unpaired) electrons. The van der Waals surface area contributed by atoms with Crippen LogP contribution in [-0.2, 0) is 4.74 Å². The predicted octanol–water partition coefficient (Wildman–Crippen LogP) is 3.36. The third-order valence-electron chi connectivity index (χ3n) is 3.87. The molecule has 1 saturated heterocycles. The molecule has 0 aromatic carbocycles. The lowest BCUT2D eigenvalue weighted by Crippen LogP contribution is -2.44. The lowest BCUT2D eigenvalue weighted by Gasteiger charge is -2.33. The molecule has 2 nitrogen and oxygen atoms in total. The van der Waals surface area contributed by atoms with Crippen molar-refractivity contribution in [3.8, 4) is 0 Å². The molecule has 1 fully saturated rings. The van der Waals surface area contributed by atoms with Crippen molar-refractivity contribution < 1.29 is 4.74 Å². The summed E-state index contributed by atoms with van der Waals surface area (Å²) in [6.45, 7) is 8.83. The SMILES string of the molecule is CCNC(CC(CC)CC)C1CCCCO1. The van der Waals surface area contributed by atoms with E-state index in [1.54, 1.807) is 0 Å². The molecule has 0 saturated carbocycles. The fourth-order valence-electron chi connectivity index (χ4n) is 2.69. The summed E-state index contributed by atoms with van der Waals surface area (Å²) in [4.78, 5) is 0. The molecule has 0 amide bonds. The summed E-state index contributed by atoms with van der Waals surface area (Å²) in [5.74, 6) is 0.856. The average Bonchev–Trinajstić information content (AvgIpc) is 2.35. The summed E-state index contributed by atoms with van der Waals surface area (Å²) in [5, 5.41) is 3.63. The van der Waals surface area contributed by atoms with Crippen LogP contribution in [0, 0.1) is 5.92 Å². The van der Waals surface area contributed by atoms with E-state index in [0.29, 0.717) is 12.1 Å². The van der Waals surface area contributed by atoms with Gasteiger partial charge >= 0.3 is 0 Å². The Hall–Kier alpha value is -0.0800. The molecule has 2 atom stereocenters. The van der Waals surface area contributed by atoms with Gasteiger partial charge in [-0.15, -0.1) is 0 Å². The Morgan fingerprint density at radius 1 is 1.19 bits per heavy atom. The third-order valence-corrected chi connectivity index (χ3v) is 3.87. The maximum Gasteiger partial charge on any atom is 0.0728 e. The van der Waals surface area contributed by atoms with Gasteiger partial charge in [-0.3, -0.25) is 0 Å². The Morgan fingerprint density at radius 3 is 2.44 bits per heavy atom. The fourth-order valence-corrected chi connectivity index (χ4v) is 2.69. The molecule has 0 aliphatic carbocycles. The highest BCUT2D eigenvalue weighted by atomic mass is 16.5. The monoisotopic (exact) mass is 227 g/mol. The standard InChI is InChI=1S/C14H29NO/c1-4-12(5-2)11-13(15-6-3)14-9-7-8-10-16-14/h12-15H,4-11H2,1-3H3. The van der Waals surface area contributed by atoms with Crippen LogP contribution in [0.1, 0.15) is 59.3 Å². The van der Waals surface area contributed by atoms with Crippen LogP contribution in [0.5, 0.6) is 0 Å². The first-order valence-corrected chi connectivity index (χ1v) is 7.16. The Kier molecular flexibility index (Phi) is 7.06. The lowest BCUT2D eigenvalue weighted by atomic mass is 9.90. The highest BCUT2D eigenvalue weighted by molar-refractivity contribution is 4.81. The normalized spacial score (nSPS) is 23.6. The minimum atomic E-state index is 0.467. The summed E-state index contributed by atoms with van der Waals surface area (Å²) >= 11 is 0. The smallest absolute Gasteiger partial charge is 0.0728 e. The highest BCUT2D eigenvalue weighted by Gasteiger charge is 2.25. The van der Waals surface area contributed by atoms with E-state index < -0.39 is 0 Å². The first kappa shape index (κ1) is 14.0. The fraction of sp³-hybridized carbons (Fsp3) is 1.00. The molecule has 0 aromatic rings. The van der Waals surface area contributed by atoms with Crippen molar-refractivity contribution in [3.63, 3.8) is 0 Å². The quantitative estimate of drug-likeness (QED) is 0.720. The van der Waals surface area contributed by atoms with Crippen molar-refractivity contribution in [1.82, 2.24) is 5.32 Å². The second-order valence-electron chi connectivity index (χ2n) is 4.99. The topological polar surface area (TPSA) is 21.3 Å². The molecule has 1 N–H and O–H groups in total. The largest absolute Gasteiger partial charge is 0.377 e. The zero-order valence-corrected chi connectivity index (χ0v) is 11.3. The van der Waals surface area contributed by atoms with Gasteiger partial charge < -0.3 is 10.1 Å². The maximum atomic E-state index is 5.92. The molecule has 1 aliphatic rings. The van der Waals surface area contributed by atoms with E-state index in [-0.39, 0.29) is 0 Å². The van der Waals surface area contributed by atoms with Crippen LogP contribution in [0.15, 0.2) is 0 Å². The van der Waals surface area contributed by atoms with E-state index in [0.717, 1.165) is 19.1 Å². The van der Waals surface area contributed by atoms with Crippen molar-refractivity contribution in [1.29, 1.82) is 0 Å². The van der Waals surface area contributed by atoms with Gasteiger partial charge in [0.15, 0.2) is 0 Å². The maximum absolute atomic E-state index is 5.92. The molecule has 2 unspecified atom stereocenters. The van der Waals surface area contributed by atoms with E-state index in [2.05, 4.69) is 26.1 Å². The molecule has 1 aliphatic heterocycles.